The summed E-state index contributed by atoms with van der Waals surface area (Å²) in [4.78, 5) is 13.7. The summed E-state index contributed by atoms with van der Waals surface area (Å²) in [6, 6.07) is 13.2. The first-order valence-corrected chi connectivity index (χ1v) is 6.69. The highest BCUT2D eigenvalue weighted by Crippen LogP contribution is 2.23. The quantitative estimate of drug-likeness (QED) is 0.561. The van der Waals surface area contributed by atoms with Gasteiger partial charge < -0.3 is 10.3 Å². The Bertz CT molecular complexity index is 808. The first kappa shape index (κ1) is 13.2. The minimum absolute atomic E-state index is 0.145. The number of H-pyrrole nitrogens is 1. The number of benzene rings is 2. The molecule has 0 aliphatic rings. The Morgan fingerprint density at radius 1 is 1.24 bits per heavy atom. The molecule has 0 aliphatic carbocycles. The lowest BCUT2D eigenvalue weighted by atomic mass is 10.1. The number of rotatable bonds is 4. The van der Waals surface area contributed by atoms with Crippen LogP contribution in [-0.4, -0.2) is 9.91 Å². The maximum Gasteiger partial charge on any atom is 0.272 e. The van der Waals surface area contributed by atoms with E-state index in [1.54, 1.807) is 19.1 Å². The Kier molecular flexibility index (Phi) is 3.31. The van der Waals surface area contributed by atoms with Crippen molar-refractivity contribution in [2.75, 3.05) is 5.32 Å². The maximum absolute atomic E-state index is 10.8. The number of para-hydroxylation sites is 1. The number of nitrogens with zero attached hydrogens (tertiary/aromatic N) is 1. The Morgan fingerprint density at radius 3 is 2.86 bits per heavy atom. The van der Waals surface area contributed by atoms with Crippen LogP contribution in [0, 0.1) is 17.0 Å². The molecule has 0 atom stereocenters. The summed E-state index contributed by atoms with van der Waals surface area (Å²) in [5, 5.41) is 15.3. The minimum Gasteiger partial charge on any atom is -0.381 e. The average Bonchev–Trinajstić information content (AvgIpc) is 2.93. The fraction of sp³-hybridized carbons (Fsp3) is 0.125. The van der Waals surface area contributed by atoms with Gasteiger partial charge in [-0.25, -0.2) is 0 Å². The molecule has 1 heterocycles. The number of aromatic amines is 1. The molecule has 106 valence electrons. The van der Waals surface area contributed by atoms with E-state index >= 15 is 0 Å². The summed E-state index contributed by atoms with van der Waals surface area (Å²) < 4.78 is 0. The van der Waals surface area contributed by atoms with E-state index in [4.69, 9.17) is 0 Å². The molecule has 0 fully saturated rings. The number of anilines is 1. The van der Waals surface area contributed by atoms with Crippen molar-refractivity contribution in [2.24, 2.45) is 0 Å². The molecule has 3 rings (SSSR count). The molecule has 0 spiro atoms. The second kappa shape index (κ2) is 5.28. The Morgan fingerprint density at radius 2 is 2.10 bits per heavy atom. The van der Waals surface area contributed by atoms with E-state index in [2.05, 4.69) is 22.4 Å². The van der Waals surface area contributed by atoms with Crippen LogP contribution in [0.3, 0.4) is 0 Å². The van der Waals surface area contributed by atoms with Gasteiger partial charge in [0.2, 0.25) is 0 Å². The SMILES string of the molecule is Cc1cc(NCc2cccc3cc[nH]c23)ccc1[N+](=O)[O-]. The van der Waals surface area contributed by atoms with Crippen molar-refractivity contribution in [3.63, 3.8) is 0 Å². The predicted molar refractivity (Wildman–Crippen MR) is 83.5 cm³/mol. The monoisotopic (exact) mass is 281 g/mol. The van der Waals surface area contributed by atoms with Crippen molar-refractivity contribution in [2.45, 2.75) is 13.5 Å². The standard InChI is InChI=1S/C16H15N3O2/c1-11-9-14(5-6-15(11)19(20)21)18-10-13-4-2-3-12-7-8-17-16(12)13/h2-9,17-18H,10H2,1H3. The minimum atomic E-state index is -0.362. The largest absolute Gasteiger partial charge is 0.381 e. The molecule has 3 aromatic rings. The highest BCUT2D eigenvalue weighted by molar-refractivity contribution is 5.82. The van der Waals surface area contributed by atoms with Crippen molar-refractivity contribution < 1.29 is 4.92 Å². The molecule has 1 aromatic heterocycles. The molecule has 0 saturated carbocycles. The molecule has 0 unspecified atom stereocenters. The Labute approximate surface area is 121 Å². The van der Waals surface area contributed by atoms with Gasteiger partial charge in [-0.05, 0) is 36.1 Å². The number of fused-ring (bicyclic) bond motifs is 1. The van der Waals surface area contributed by atoms with E-state index in [-0.39, 0.29) is 10.6 Å². The lowest BCUT2D eigenvalue weighted by molar-refractivity contribution is -0.385. The topological polar surface area (TPSA) is 71.0 Å². The van der Waals surface area contributed by atoms with Crippen molar-refractivity contribution in [3.8, 4) is 0 Å². The van der Waals surface area contributed by atoms with Gasteiger partial charge in [0, 0.05) is 30.1 Å². The van der Waals surface area contributed by atoms with Crippen molar-refractivity contribution in [1.82, 2.24) is 4.98 Å². The molecule has 5 heteroatoms. The van der Waals surface area contributed by atoms with Gasteiger partial charge in [-0.2, -0.15) is 0 Å². The molecule has 0 amide bonds. The lowest BCUT2D eigenvalue weighted by Crippen LogP contribution is -2.01. The number of nitro groups is 1. The number of hydrogen-bond donors (Lipinski definition) is 2. The first-order valence-electron chi connectivity index (χ1n) is 6.69. The third-order valence-electron chi connectivity index (χ3n) is 3.55. The van der Waals surface area contributed by atoms with Gasteiger partial charge in [0.1, 0.15) is 0 Å². The van der Waals surface area contributed by atoms with Gasteiger partial charge in [0.25, 0.3) is 5.69 Å². The summed E-state index contributed by atoms with van der Waals surface area (Å²) in [5.74, 6) is 0. The van der Waals surface area contributed by atoms with Crippen molar-refractivity contribution in [1.29, 1.82) is 0 Å². The van der Waals surface area contributed by atoms with Gasteiger partial charge in [-0.15, -0.1) is 0 Å². The van der Waals surface area contributed by atoms with Crippen molar-refractivity contribution in [3.05, 3.63) is 69.9 Å². The van der Waals surface area contributed by atoms with E-state index in [0.717, 1.165) is 16.8 Å². The number of hydrogen-bond acceptors (Lipinski definition) is 3. The summed E-state index contributed by atoms with van der Waals surface area (Å²) in [6.07, 6.45) is 1.92. The zero-order valence-corrected chi connectivity index (χ0v) is 11.6. The zero-order chi connectivity index (χ0) is 14.8. The number of nitro benzene ring substituents is 1. The fourth-order valence-corrected chi connectivity index (χ4v) is 2.46. The van der Waals surface area contributed by atoms with Crippen LogP contribution in [0.2, 0.25) is 0 Å². The van der Waals surface area contributed by atoms with Crippen LogP contribution >= 0.6 is 0 Å². The molecule has 0 bridgehead atoms. The molecule has 0 saturated heterocycles. The predicted octanol–water partition coefficient (Wildman–Crippen LogP) is 4.00. The van der Waals surface area contributed by atoms with Gasteiger partial charge in [0.15, 0.2) is 0 Å². The van der Waals surface area contributed by atoms with Gasteiger partial charge >= 0.3 is 0 Å². The van der Waals surface area contributed by atoms with Crippen LogP contribution in [-0.2, 0) is 6.54 Å². The highest BCUT2D eigenvalue weighted by atomic mass is 16.6. The molecular weight excluding hydrogens is 266 g/mol. The summed E-state index contributed by atoms with van der Waals surface area (Å²) >= 11 is 0. The second-order valence-corrected chi connectivity index (χ2v) is 4.97. The van der Waals surface area contributed by atoms with E-state index in [1.165, 1.54) is 11.5 Å². The lowest BCUT2D eigenvalue weighted by Gasteiger charge is -2.08. The maximum atomic E-state index is 10.8. The van der Waals surface area contributed by atoms with Crippen LogP contribution in [0.1, 0.15) is 11.1 Å². The van der Waals surface area contributed by atoms with Crippen LogP contribution in [0.25, 0.3) is 10.9 Å². The number of aromatic nitrogens is 1. The molecule has 0 radical (unpaired) electrons. The van der Waals surface area contributed by atoms with Crippen LogP contribution in [0.5, 0.6) is 0 Å². The van der Waals surface area contributed by atoms with E-state index < -0.39 is 0 Å². The second-order valence-electron chi connectivity index (χ2n) is 4.97. The van der Waals surface area contributed by atoms with Gasteiger partial charge in [-0.1, -0.05) is 18.2 Å². The van der Waals surface area contributed by atoms with E-state index in [1.807, 2.05) is 18.3 Å². The molecule has 0 aliphatic heterocycles. The highest BCUT2D eigenvalue weighted by Gasteiger charge is 2.10. The molecular formula is C16H15N3O2. The number of aryl methyl sites for hydroxylation is 1. The fourth-order valence-electron chi connectivity index (χ4n) is 2.46. The van der Waals surface area contributed by atoms with E-state index in [0.29, 0.717) is 12.1 Å². The molecule has 2 N–H and O–H groups in total. The summed E-state index contributed by atoms with van der Waals surface area (Å²) in [6.45, 7) is 2.41. The van der Waals surface area contributed by atoms with Gasteiger partial charge in [0.05, 0.1) is 10.4 Å². The third kappa shape index (κ3) is 2.58. The number of nitrogens with one attached hydrogen (secondary N) is 2. The first-order chi connectivity index (χ1) is 10.1. The Balaban J connectivity index is 1.80. The van der Waals surface area contributed by atoms with Crippen molar-refractivity contribution >= 4 is 22.3 Å². The van der Waals surface area contributed by atoms with Crippen LogP contribution < -0.4 is 5.32 Å². The smallest absolute Gasteiger partial charge is 0.272 e. The molecule has 21 heavy (non-hydrogen) atoms. The normalized spacial score (nSPS) is 10.7. The summed E-state index contributed by atoms with van der Waals surface area (Å²) in [5.41, 5.74) is 3.95. The van der Waals surface area contributed by atoms with Crippen LogP contribution in [0.15, 0.2) is 48.7 Å². The zero-order valence-electron chi connectivity index (χ0n) is 11.6. The third-order valence-corrected chi connectivity index (χ3v) is 3.55. The van der Waals surface area contributed by atoms with E-state index in [9.17, 15) is 10.1 Å². The van der Waals surface area contributed by atoms with Crippen LogP contribution in [0.4, 0.5) is 11.4 Å². The molecule has 5 nitrogen and oxygen atoms in total. The Hall–Kier alpha value is -2.82. The summed E-state index contributed by atoms with van der Waals surface area (Å²) in [7, 11) is 0. The van der Waals surface area contributed by atoms with Gasteiger partial charge in [-0.3, -0.25) is 10.1 Å². The molecule has 2 aromatic carbocycles. The average molecular weight is 281 g/mol.